The fraction of sp³-hybridized carbons (Fsp3) is 0.200. The number of nitro benzene ring substituents is 1. The van der Waals surface area contributed by atoms with Crippen molar-refractivity contribution in [1.29, 1.82) is 0 Å². The fourth-order valence-corrected chi connectivity index (χ4v) is 1.96. The van der Waals surface area contributed by atoms with Crippen LogP contribution in [0.3, 0.4) is 0 Å². The molecule has 0 fully saturated rings. The molecule has 2 aromatic carbocycles. The molecule has 0 heterocycles. The van der Waals surface area contributed by atoms with Crippen molar-refractivity contribution in [2.45, 2.75) is 20.0 Å². The SMILES string of the molecule is Cc1ccc(CNCc2ccccc2O)cc1[N+](=O)[O-]. The first-order valence-corrected chi connectivity index (χ1v) is 6.29. The molecule has 2 aromatic rings. The summed E-state index contributed by atoms with van der Waals surface area (Å²) in [6, 6.07) is 12.3. The number of nitrogens with zero attached hydrogens (tertiary/aromatic N) is 1. The number of aryl methyl sites for hydroxylation is 1. The number of nitro groups is 1. The molecule has 5 heteroatoms. The van der Waals surface area contributed by atoms with Gasteiger partial charge in [-0.25, -0.2) is 0 Å². The molecule has 0 saturated carbocycles. The Balaban J connectivity index is 2.00. The second-order valence-electron chi connectivity index (χ2n) is 4.61. The zero-order chi connectivity index (χ0) is 14.5. The van der Waals surface area contributed by atoms with Gasteiger partial charge in [0.25, 0.3) is 5.69 Å². The number of rotatable bonds is 5. The van der Waals surface area contributed by atoms with E-state index >= 15 is 0 Å². The second-order valence-corrected chi connectivity index (χ2v) is 4.61. The molecule has 104 valence electrons. The first-order valence-electron chi connectivity index (χ1n) is 6.29. The van der Waals surface area contributed by atoms with Gasteiger partial charge in [-0.3, -0.25) is 10.1 Å². The molecular formula is C15H16N2O3. The average Bonchev–Trinajstić information content (AvgIpc) is 2.42. The Hall–Kier alpha value is -2.40. The van der Waals surface area contributed by atoms with Crippen molar-refractivity contribution in [2.24, 2.45) is 0 Å². The van der Waals surface area contributed by atoms with Gasteiger partial charge in [-0.1, -0.05) is 30.3 Å². The highest BCUT2D eigenvalue weighted by molar-refractivity contribution is 5.42. The standard InChI is InChI=1S/C15H16N2O3/c1-11-6-7-12(8-14(11)17(19)20)9-16-10-13-4-2-3-5-15(13)18/h2-8,16,18H,9-10H2,1H3. The van der Waals surface area contributed by atoms with Gasteiger partial charge >= 0.3 is 0 Å². The lowest BCUT2D eigenvalue weighted by atomic mass is 10.1. The number of nitrogens with one attached hydrogen (secondary N) is 1. The fourth-order valence-electron chi connectivity index (χ4n) is 1.96. The van der Waals surface area contributed by atoms with Gasteiger partial charge in [-0.2, -0.15) is 0 Å². The van der Waals surface area contributed by atoms with E-state index in [-0.39, 0.29) is 16.4 Å². The molecule has 2 N–H and O–H groups in total. The second kappa shape index (κ2) is 6.16. The van der Waals surface area contributed by atoms with Crippen molar-refractivity contribution in [1.82, 2.24) is 5.32 Å². The van der Waals surface area contributed by atoms with Crippen LogP contribution >= 0.6 is 0 Å². The molecule has 20 heavy (non-hydrogen) atoms. The number of hydrogen-bond acceptors (Lipinski definition) is 4. The average molecular weight is 272 g/mol. The lowest BCUT2D eigenvalue weighted by molar-refractivity contribution is -0.385. The minimum absolute atomic E-state index is 0.131. The number of phenols is 1. The van der Waals surface area contributed by atoms with Crippen LogP contribution in [0.25, 0.3) is 0 Å². The summed E-state index contributed by atoms with van der Waals surface area (Å²) in [4.78, 5) is 10.5. The molecule has 2 rings (SSSR count). The lowest BCUT2D eigenvalue weighted by Gasteiger charge is -2.07. The normalized spacial score (nSPS) is 10.4. The van der Waals surface area contributed by atoms with E-state index in [1.807, 2.05) is 18.2 Å². The Labute approximate surface area is 117 Å². The van der Waals surface area contributed by atoms with Crippen LogP contribution < -0.4 is 5.32 Å². The summed E-state index contributed by atoms with van der Waals surface area (Å²) in [6.45, 7) is 2.74. The maximum absolute atomic E-state index is 10.9. The molecule has 0 saturated heterocycles. The van der Waals surface area contributed by atoms with Crippen LogP contribution in [0.1, 0.15) is 16.7 Å². The number of benzene rings is 2. The van der Waals surface area contributed by atoms with E-state index in [0.29, 0.717) is 18.7 Å². The molecular weight excluding hydrogens is 256 g/mol. The minimum atomic E-state index is -0.373. The van der Waals surface area contributed by atoms with Gasteiger partial charge in [0.1, 0.15) is 5.75 Å². The first-order chi connectivity index (χ1) is 9.58. The Morgan fingerprint density at radius 2 is 1.95 bits per heavy atom. The zero-order valence-electron chi connectivity index (χ0n) is 11.2. The highest BCUT2D eigenvalue weighted by Gasteiger charge is 2.10. The summed E-state index contributed by atoms with van der Waals surface area (Å²) in [6.07, 6.45) is 0. The van der Waals surface area contributed by atoms with Crippen LogP contribution in [0.2, 0.25) is 0 Å². The van der Waals surface area contributed by atoms with E-state index in [9.17, 15) is 15.2 Å². The highest BCUT2D eigenvalue weighted by Crippen LogP contribution is 2.19. The summed E-state index contributed by atoms with van der Waals surface area (Å²) in [5, 5.41) is 23.7. The van der Waals surface area contributed by atoms with Gasteiger partial charge in [0, 0.05) is 30.3 Å². The molecule has 0 radical (unpaired) electrons. The first kappa shape index (κ1) is 14.0. The number of hydrogen-bond donors (Lipinski definition) is 2. The van der Waals surface area contributed by atoms with E-state index in [0.717, 1.165) is 11.1 Å². The minimum Gasteiger partial charge on any atom is -0.508 e. The van der Waals surface area contributed by atoms with Gasteiger partial charge in [-0.05, 0) is 18.6 Å². The zero-order valence-corrected chi connectivity index (χ0v) is 11.2. The molecule has 5 nitrogen and oxygen atoms in total. The van der Waals surface area contributed by atoms with Gasteiger partial charge in [0.2, 0.25) is 0 Å². The Bertz CT molecular complexity index is 626. The maximum Gasteiger partial charge on any atom is 0.272 e. The van der Waals surface area contributed by atoms with E-state index in [2.05, 4.69) is 5.32 Å². The maximum atomic E-state index is 10.9. The summed E-state index contributed by atoms with van der Waals surface area (Å²) in [5.41, 5.74) is 2.43. The monoisotopic (exact) mass is 272 g/mol. The van der Waals surface area contributed by atoms with Crippen molar-refractivity contribution in [3.05, 3.63) is 69.3 Å². The molecule has 0 unspecified atom stereocenters. The van der Waals surface area contributed by atoms with Crippen LogP contribution in [-0.2, 0) is 13.1 Å². The predicted octanol–water partition coefficient (Wildman–Crippen LogP) is 2.90. The Morgan fingerprint density at radius 1 is 1.20 bits per heavy atom. The quantitative estimate of drug-likeness (QED) is 0.648. The van der Waals surface area contributed by atoms with E-state index in [1.54, 1.807) is 31.2 Å². The number of para-hydroxylation sites is 1. The van der Waals surface area contributed by atoms with Gasteiger partial charge in [0.05, 0.1) is 4.92 Å². The van der Waals surface area contributed by atoms with Crippen molar-refractivity contribution in [3.63, 3.8) is 0 Å². The molecule has 0 aromatic heterocycles. The van der Waals surface area contributed by atoms with Crippen LogP contribution in [-0.4, -0.2) is 10.0 Å². The summed E-state index contributed by atoms with van der Waals surface area (Å²) in [5.74, 6) is 0.245. The van der Waals surface area contributed by atoms with E-state index in [4.69, 9.17) is 0 Å². The number of phenolic OH excluding ortho intramolecular Hbond substituents is 1. The summed E-state index contributed by atoms with van der Waals surface area (Å²) >= 11 is 0. The summed E-state index contributed by atoms with van der Waals surface area (Å²) in [7, 11) is 0. The van der Waals surface area contributed by atoms with Crippen LogP contribution in [0.5, 0.6) is 5.75 Å². The molecule has 0 aliphatic carbocycles. The highest BCUT2D eigenvalue weighted by atomic mass is 16.6. The van der Waals surface area contributed by atoms with Gasteiger partial charge in [0.15, 0.2) is 0 Å². The van der Waals surface area contributed by atoms with Crippen molar-refractivity contribution in [3.8, 4) is 5.75 Å². The third kappa shape index (κ3) is 3.33. The van der Waals surface area contributed by atoms with Crippen LogP contribution in [0.15, 0.2) is 42.5 Å². The Morgan fingerprint density at radius 3 is 2.65 bits per heavy atom. The van der Waals surface area contributed by atoms with Gasteiger partial charge in [-0.15, -0.1) is 0 Å². The predicted molar refractivity (Wildman–Crippen MR) is 76.5 cm³/mol. The third-order valence-electron chi connectivity index (χ3n) is 3.11. The van der Waals surface area contributed by atoms with Crippen LogP contribution in [0, 0.1) is 17.0 Å². The molecule has 0 amide bonds. The molecule has 0 spiro atoms. The van der Waals surface area contributed by atoms with Crippen molar-refractivity contribution < 1.29 is 10.0 Å². The molecule has 0 bridgehead atoms. The Kier molecular flexibility index (Phi) is 4.32. The summed E-state index contributed by atoms with van der Waals surface area (Å²) < 4.78 is 0. The van der Waals surface area contributed by atoms with E-state index in [1.165, 1.54) is 0 Å². The van der Waals surface area contributed by atoms with Crippen molar-refractivity contribution >= 4 is 5.69 Å². The molecule has 0 aliphatic rings. The number of aromatic hydroxyl groups is 1. The third-order valence-corrected chi connectivity index (χ3v) is 3.11. The molecule has 0 aliphatic heterocycles. The van der Waals surface area contributed by atoms with Crippen LogP contribution in [0.4, 0.5) is 5.69 Å². The van der Waals surface area contributed by atoms with Crippen molar-refractivity contribution in [2.75, 3.05) is 0 Å². The largest absolute Gasteiger partial charge is 0.508 e. The van der Waals surface area contributed by atoms with Gasteiger partial charge < -0.3 is 10.4 Å². The smallest absolute Gasteiger partial charge is 0.272 e. The topological polar surface area (TPSA) is 75.4 Å². The molecule has 0 atom stereocenters. The van der Waals surface area contributed by atoms with E-state index < -0.39 is 0 Å². The lowest BCUT2D eigenvalue weighted by Crippen LogP contribution is -2.13.